The average molecular weight is 720 g/mol. The summed E-state index contributed by atoms with van der Waals surface area (Å²) in [6, 6.07) is 33.2. The first-order valence-corrected chi connectivity index (χ1v) is 17.6. The molecule has 53 heavy (non-hydrogen) atoms. The Bertz CT molecular complexity index is 2310. The number of alkyl carbamates (subject to hydrolysis) is 1. The summed E-state index contributed by atoms with van der Waals surface area (Å²) in [6.07, 6.45) is -3.09. The number of hydrogen-bond acceptors (Lipinski definition) is 5. The average Bonchev–Trinajstić information content (AvgIpc) is 3.83. The van der Waals surface area contributed by atoms with E-state index in [9.17, 15) is 22.8 Å². The van der Waals surface area contributed by atoms with E-state index in [0.717, 1.165) is 50.0 Å². The van der Waals surface area contributed by atoms with Crippen LogP contribution in [0.2, 0.25) is 0 Å². The summed E-state index contributed by atoms with van der Waals surface area (Å²) in [7, 11) is 0. The highest BCUT2D eigenvalue weighted by atomic mass is 19.4. The molecule has 11 heteroatoms. The summed E-state index contributed by atoms with van der Waals surface area (Å²) in [5.74, 6) is -0.164. The lowest BCUT2D eigenvalue weighted by Gasteiger charge is -2.23. The van der Waals surface area contributed by atoms with E-state index in [1.807, 2.05) is 42.5 Å². The van der Waals surface area contributed by atoms with Crippen LogP contribution in [0, 0.1) is 5.92 Å². The second-order valence-electron chi connectivity index (χ2n) is 14.4. The topological polar surface area (TPSA) is 97.3 Å². The fraction of sp³-hybridized carbons (Fsp3) is 0.262. The van der Waals surface area contributed by atoms with Gasteiger partial charge in [0.05, 0.1) is 11.7 Å². The lowest BCUT2D eigenvalue weighted by molar-refractivity contribution is -0.141. The molecule has 1 unspecified atom stereocenters. The number of halogens is 3. The lowest BCUT2D eigenvalue weighted by Crippen LogP contribution is -2.32. The van der Waals surface area contributed by atoms with Gasteiger partial charge in [0.1, 0.15) is 11.3 Å². The highest BCUT2D eigenvalue weighted by Crippen LogP contribution is 2.37. The third-order valence-electron chi connectivity index (χ3n) is 9.12. The van der Waals surface area contributed by atoms with E-state index in [-0.39, 0.29) is 24.0 Å². The van der Waals surface area contributed by atoms with Crippen LogP contribution in [0.25, 0.3) is 27.2 Å². The van der Waals surface area contributed by atoms with E-state index in [4.69, 9.17) is 4.74 Å². The number of carbonyl (C=O) groups is 2. The Balaban J connectivity index is 1.20. The van der Waals surface area contributed by atoms with Gasteiger partial charge in [0, 0.05) is 18.3 Å². The third-order valence-corrected chi connectivity index (χ3v) is 9.12. The minimum absolute atomic E-state index is 0.0485. The maximum atomic E-state index is 14.0. The SMILES string of the molecule is CC(C)(C)OC(=O)NCc1cccc(-n2nc(C(F)(F)F)cc2C(=O)Nc2cccc(C(NCC3CC3)c3cc4ccccc4c4ccccc34)c2)c1. The summed E-state index contributed by atoms with van der Waals surface area (Å²) in [4.78, 5) is 26.1. The van der Waals surface area contributed by atoms with E-state index in [0.29, 0.717) is 17.2 Å². The molecule has 2 amide bonds. The van der Waals surface area contributed by atoms with Crippen LogP contribution < -0.4 is 16.0 Å². The fourth-order valence-corrected chi connectivity index (χ4v) is 6.49. The van der Waals surface area contributed by atoms with Gasteiger partial charge < -0.3 is 20.7 Å². The standard InChI is InChI=1S/C42H40F3N5O3/c1-41(2,3)53-40(52)47-25-27-10-8-14-31(20-27)50-36(23-37(49-50)42(43,44)45)39(51)48-30-13-9-12-29(21-30)38(46-24-26-18-19-26)35-22-28-11-4-5-15-32(28)33-16-6-7-17-34(33)35/h4-17,20-23,26,38,46H,18-19,24-25H2,1-3H3,(H,47,52)(H,48,51). The minimum atomic E-state index is -4.79. The smallest absolute Gasteiger partial charge is 0.435 e. The number of hydrogen-bond donors (Lipinski definition) is 3. The lowest BCUT2D eigenvalue weighted by atomic mass is 9.90. The van der Waals surface area contributed by atoms with Gasteiger partial charge >= 0.3 is 12.3 Å². The molecule has 1 aliphatic rings. The molecule has 0 bridgehead atoms. The molecule has 1 fully saturated rings. The number of nitrogens with one attached hydrogen (secondary N) is 3. The van der Waals surface area contributed by atoms with E-state index in [1.54, 1.807) is 51.1 Å². The van der Waals surface area contributed by atoms with Gasteiger partial charge in [-0.05, 0) is 115 Å². The van der Waals surface area contributed by atoms with Crippen LogP contribution in [-0.2, 0) is 17.5 Å². The number of nitrogens with zero attached hydrogens (tertiary/aromatic N) is 2. The zero-order chi connectivity index (χ0) is 37.3. The quantitative estimate of drug-likeness (QED) is 0.123. The number of aromatic nitrogens is 2. The number of amides is 2. The van der Waals surface area contributed by atoms with Gasteiger partial charge in [0.25, 0.3) is 5.91 Å². The Kier molecular flexibility index (Phi) is 9.69. The second-order valence-corrected chi connectivity index (χ2v) is 14.4. The molecular formula is C42H40F3N5O3. The molecule has 1 atom stereocenters. The number of alkyl halides is 3. The van der Waals surface area contributed by atoms with Crippen LogP contribution in [-0.4, -0.2) is 33.9 Å². The highest BCUT2D eigenvalue weighted by Gasteiger charge is 2.36. The van der Waals surface area contributed by atoms with E-state index >= 15 is 0 Å². The van der Waals surface area contributed by atoms with Crippen molar-refractivity contribution in [1.82, 2.24) is 20.4 Å². The molecule has 6 aromatic rings. The van der Waals surface area contributed by atoms with E-state index < -0.39 is 29.5 Å². The monoisotopic (exact) mass is 719 g/mol. The van der Waals surface area contributed by atoms with Gasteiger partial charge in [0.2, 0.25) is 0 Å². The number of fused-ring (bicyclic) bond motifs is 3. The normalized spacial score (nSPS) is 13.9. The Morgan fingerprint density at radius 2 is 1.57 bits per heavy atom. The Morgan fingerprint density at radius 3 is 2.30 bits per heavy atom. The molecule has 1 aliphatic carbocycles. The Labute approximate surface area is 305 Å². The van der Waals surface area contributed by atoms with Crippen molar-refractivity contribution in [2.45, 2.75) is 58.0 Å². The van der Waals surface area contributed by atoms with Gasteiger partial charge in [-0.15, -0.1) is 0 Å². The molecule has 3 N–H and O–H groups in total. The van der Waals surface area contributed by atoms with Gasteiger partial charge in [0.15, 0.2) is 5.69 Å². The van der Waals surface area contributed by atoms with Crippen molar-refractivity contribution >= 4 is 39.2 Å². The van der Waals surface area contributed by atoms with Crippen molar-refractivity contribution in [3.63, 3.8) is 0 Å². The molecule has 0 radical (unpaired) electrons. The molecule has 8 nitrogen and oxygen atoms in total. The number of ether oxygens (including phenoxy) is 1. The fourth-order valence-electron chi connectivity index (χ4n) is 6.49. The van der Waals surface area contributed by atoms with Crippen LogP contribution in [0.4, 0.5) is 23.7 Å². The van der Waals surface area contributed by atoms with E-state index in [1.165, 1.54) is 12.8 Å². The molecule has 1 heterocycles. The van der Waals surface area contributed by atoms with Crippen LogP contribution in [0.3, 0.4) is 0 Å². The van der Waals surface area contributed by atoms with E-state index in [2.05, 4.69) is 51.4 Å². The summed E-state index contributed by atoms with van der Waals surface area (Å²) >= 11 is 0. The van der Waals surface area contributed by atoms with Gasteiger partial charge in [-0.2, -0.15) is 18.3 Å². The zero-order valence-corrected chi connectivity index (χ0v) is 29.6. The molecule has 272 valence electrons. The van der Waals surface area contributed by atoms with Crippen LogP contribution >= 0.6 is 0 Å². The molecule has 0 spiro atoms. The van der Waals surface area contributed by atoms with Crippen molar-refractivity contribution in [3.05, 3.63) is 137 Å². The van der Waals surface area contributed by atoms with Gasteiger partial charge in [-0.1, -0.05) is 72.8 Å². The molecular weight excluding hydrogens is 679 g/mol. The Hall–Kier alpha value is -5.68. The second kappa shape index (κ2) is 14.4. The molecule has 1 saturated carbocycles. The van der Waals surface area contributed by atoms with Gasteiger partial charge in [-0.3, -0.25) is 4.79 Å². The number of rotatable bonds is 10. The summed E-state index contributed by atoms with van der Waals surface area (Å²) < 4.78 is 48.2. The predicted octanol–water partition coefficient (Wildman–Crippen LogP) is 9.56. The number of benzene rings is 5. The maximum Gasteiger partial charge on any atom is 0.435 e. The molecule has 7 rings (SSSR count). The third kappa shape index (κ3) is 8.36. The highest BCUT2D eigenvalue weighted by molar-refractivity contribution is 6.09. The largest absolute Gasteiger partial charge is 0.444 e. The molecule has 0 saturated heterocycles. The first-order valence-electron chi connectivity index (χ1n) is 17.6. The number of carbonyl (C=O) groups excluding carboxylic acids is 2. The van der Waals surface area contributed by atoms with Crippen molar-refractivity contribution in [3.8, 4) is 5.69 Å². The summed E-state index contributed by atoms with van der Waals surface area (Å²) in [5.41, 5.74) is 1.00. The summed E-state index contributed by atoms with van der Waals surface area (Å²) in [6.45, 7) is 6.09. The van der Waals surface area contributed by atoms with Crippen LogP contribution in [0.1, 0.15) is 72.5 Å². The Morgan fingerprint density at radius 1 is 0.849 bits per heavy atom. The summed E-state index contributed by atoms with van der Waals surface area (Å²) in [5, 5.41) is 17.6. The van der Waals surface area contributed by atoms with Crippen molar-refractivity contribution in [1.29, 1.82) is 0 Å². The zero-order valence-electron chi connectivity index (χ0n) is 29.6. The molecule has 0 aliphatic heterocycles. The van der Waals surface area contributed by atoms with Crippen molar-refractivity contribution in [2.75, 3.05) is 11.9 Å². The van der Waals surface area contributed by atoms with Crippen LogP contribution in [0.5, 0.6) is 0 Å². The number of anilines is 1. The maximum absolute atomic E-state index is 14.0. The molecule has 5 aromatic carbocycles. The molecule has 1 aromatic heterocycles. The first kappa shape index (κ1) is 35.7. The first-order chi connectivity index (χ1) is 25.3. The van der Waals surface area contributed by atoms with Crippen LogP contribution in [0.15, 0.2) is 109 Å². The van der Waals surface area contributed by atoms with Crippen molar-refractivity contribution < 1.29 is 27.5 Å². The minimum Gasteiger partial charge on any atom is -0.444 e. The van der Waals surface area contributed by atoms with Crippen molar-refractivity contribution in [2.24, 2.45) is 5.92 Å². The predicted molar refractivity (Wildman–Crippen MR) is 200 cm³/mol. The van der Waals surface area contributed by atoms with Gasteiger partial charge in [-0.25, -0.2) is 9.48 Å².